The molecular formula is C50H56N14O6S2. The monoisotopic (exact) mass is 1010 g/mol. The molecule has 374 valence electrons. The number of nitrogens with zero attached hydrogens (tertiary/aromatic N) is 14. The SMILES string of the molecule is CC(=O)N1CCn2c(C3=CCS(=O)(=O)CC3)nc(-c3ccc4c(c3)c(-c3cnn(C)c3)nn4C)c2C1.CC(=O)N1CCn2c(C3CCS(=O)(=O)CC3)nc(-c3ccc4c(c3)c(-c3cnn(C)c3)nn4C)c2C1. The van der Waals surface area contributed by atoms with Crippen molar-refractivity contribution >= 4 is 58.9 Å². The fourth-order valence-electron chi connectivity index (χ4n) is 10.7. The fraction of sp³-hybridized carbons (Fsp3) is 0.400. The zero-order valence-electron chi connectivity index (χ0n) is 41.1. The first kappa shape index (κ1) is 47.1. The molecule has 8 aromatic rings. The number of amides is 2. The van der Waals surface area contributed by atoms with Gasteiger partial charge < -0.3 is 18.9 Å². The van der Waals surface area contributed by atoms with E-state index in [9.17, 15) is 26.4 Å². The maximum Gasteiger partial charge on any atom is 0.219 e. The molecule has 12 rings (SSSR count). The van der Waals surface area contributed by atoms with Gasteiger partial charge >= 0.3 is 0 Å². The summed E-state index contributed by atoms with van der Waals surface area (Å²) in [7, 11) is 1.61. The number of aromatic nitrogens is 12. The lowest BCUT2D eigenvalue weighted by molar-refractivity contribution is -0.131. The van der Waals surface area contributed by atoms with Crippen LogP contribution in [0.1, 0.15) is 62.1 Å². The highest BCUT2D eigenvalue weighted by molar-refractivity contribution is 7.91. The molecule has 10 heterocycles. The molecule has 22 heteroatoms. The van der Waals surface area contributed by atoms with Gasteiger partial charge in [-0.15, -0.1) is 0 Å². The third-order valence-electron chi connectivity index (χ3n) is 14.6. The minimum atomic E-state index is -3.04. The lowest BCUT2D eigenvalue weighted by atomic mass is 10.0. The molecule has 0 radical (unpaired) electrons. The van der Waals surface area contributed by atoms with Gasteiger partial charge in [0.05, 0.1) is 82.3 Å². The Morgan fingerprint density at radius 3 is 1.60 bits per heavy atom. The molecule has 6 aromatic heterocycles. The van der Waals surface area contributed by atoms with E-state index in [1.807, 2.05) is 78.1 Å². The maximum atomic E-state index is 12.2. The summed E-state index contributed by atoms with van der Waals surface area (Å²) in [5.41, 5.74) is 12.1. The van der Waals surface area contributed by atoms with Crippen molar-refractivity contribution in [1.82, 2.24) is 68.0 Å². The molecule has 4 aliphatic rings. The second-order valence-electron chi connectivity index (χ2n) is 19.4. The Bertz CT molecular complexity index is 3760. The predicted octanol–water partition coefficient (Wildman–Crippen LogP) is 4.89. The van der Waals surface area contributed by atoms with Crippen molar-refractivity contribution in [2.75, 3.05) is 36.1 Å². The lowest BCUT2D eigenvalue weighted by Gasteiger charge is -2.30. The summed E-state index contributed by atoms with van der Waals surface area (Å²) in [6.07, 6.45) is 10.9. The van der Waals surface area contributed by atoms with E-state index in [1.54, 1.807) is 35.5 Å². The highest BCUT2D eigenvalue weighted by atomic mass is 32.2. The minimum absolute atomic E-state index is 0.0273. The molecular weight excluding hydrogens is 957 g/mol. The Balaban J connectivity index is 0.000000156. The standard InChI is InChI=1S/C25H29N7O3S.C25H27N7O3S/c2*1-16(33)31-8-9-32-22(15-31)24(27-25(32)17-6-10-36(34,35)11-7-17)18-4-5-21-20(12-18)23(28-30(21)3)19-13-26-29(2)14-19/h4-5,12-14,17H,6-11,15H2,1-3H3;4-6,12-14H,7-11,15H2,1-3H3. The van der Waals surface area contributed by atoms with Crippen molar-refractivity contribution in [1.29, 1.82) is 0 Å². The van der Waals surface area contributed by atoms with E-state index in [0.717, 1.165) is 95.4 Å². The smallest absolute Gasteiger partial charge is 0.219 e. The third kappa shape index (κ3) is 8.62. The Morgan fingerprint density at radius 2 is 1.11 bits per heavy atom. The molecule has 0 unspecified atom stereocenters. The average molecular weight is 1010 g/mol. The maximum absolute atomic E-state index is 12.2. The van der Waals surface area contributed by atoms with Crippen LogP contribution >= 0.6 is 0 Å². The molecule has 2 aromatic carbocycles. The Morgan fingerprint density at radius 1 is 0.597 bits per heavy atom. The number of carbonyl (C=O) groups excluding carboxylic acids is 2. The van der Waals surface area contributed by atoms with Crippen molar-refractivity contribution in [3.8, 4) is 45.0 Å². The first-order valence-electron chi connectivity index (χ1n) is 24.1. The van der Waals surface area contributed by atoms with E-state index in [2.05, 4.69) is 43.6 Å². The van der Waals surface area contributed by atoms with Crippen molar-refractivity contribution in [3.05, 3.63) is 90.3 Å². The molecule has 1 saturated heterocycles. The number of benzene rings is 2. The number of imidazole rings is 2. The minimum Gasteiger partial charge on any atom is -0.335 e. The number of fused-ring (bicyclic) bond motifs is 4. The Labute approximate surface area is 416 Å². The van der Waals surface area contributed by atoms with Crippen LogP contribution in [0.15, 0.2) is 67.3 Å². The van der Waals surface area contributed by atoms with Gasteiger partial charge in [-0.1, -0.05) is 18.2 Å². The fourth-order valence-corrected chi connectivity index (χ4v) is 13.3. The van der Waals surface area contributed by atoms with Crippen LogP contribution in [0.25, 0.3) is 72.4 Å². The normalized spacial score (nSPS) is 17.7. The van der Waals surface area contributed by atoms with Crippen LogP contribution in [0.2, 0.25) is 0 Å². The van der Waals surface area contributed by atoms with Gasteiger partial charge in [0.25, 0.3) is 0 Å². The number of aryl methyl sites for hydroxylation is 4. The van der Waals surface area contributed by atoms with Gasteiger partial charge in [-0.25, -0.2) is 26.8 Å². The number of carbonyl (C=O) groups is 2. The topological polar surface area (TPSA) is 216 Å². The van der Waals surface area contributed by atoms with Crippen LogP contribution in [-0.4, -0.2) is 133 Å². The molecule has 4 aliphatic heterocycles. The van der Waals surface area contributed by atoms with Gasteiger partial charge in [0, 0.05) is 120 Å². The summed E-state index contributed by atoms with van der Waals surface area (Å²) in [6.45, 7) is 6.65. The highest BCUT2D eigenvalue weighted by Crippen LogP contribution is 2.39. The van der Waals surface area contributed by atoms with Crippen LogP contribution < -0.4 is 0 Å². The van der Waals surface area contributed by atoms with Crippen molar-refractivity contribution < 1.29 is 26.4 Å². The van der Waals surface area contributed by atoms with Gasteiger partial charge in [-0.3, -0.25) is 28.3 Å². The molecule has 0 N–H and O–H groups in total. The van der Waals surface area contributed by atoms with E-state index >= 15 is 0 Å². The Kier molecular flexibility index (Phi) is 11.7. The summed E-state index contributed by atoms with van der Waals surface area (Å²) in [5.74, 6) is 2.48. The molecule has 2 amide bonds. The van der Waals surface area contributed by atoms with E-state index in [0.29, 0.717) is 58.5 Å². The van der Waals surface area contributed by atoms with Crippen LogP contribution in [-0.2, 0) is 83.6 Å². The summed E-state index contributed by atoms with van der Waals surface area (Å²) in [4.78, 5) is 38.3. The van der Waals surface area contributed by atoms with Crippen molar-refractivity contribution in [2.24, 2.45) is 28.2 Å². The molecule has 1 fully saturated rings. The van der Waals surface area contributed by atoms with Gasteiger partial charge in [0.15, 0.2) is 9.84 Å². The summed E-state index contributed by atoms with van der Waals surface area (Å²) < 4.78 is 59.8. The summed E-state index contributed by atoms with van der Waals surface area (Å²) in [5, 5.41) is 20.1. The number of hydrogen-bond donors (Lipinski definition) is 0. The van der Waals surface area contributed by atoms with Crippen LogP contribution in [0.3, 0.4) is 0 Å². The predicted molar refractivity (Wildman–Crippen MR) is 272 cm³/mol. The second kappa shape index (κ2) is 17.8. The van der Waals surface area contributed by atoms with Crippen LogP contribution in [0, 0.1) is 0 Å². The van der Waals surface area contributed by atoms with Gasteiger partial charge in [0.2, 0.25) is 11.8 Å². The zero-order valence-corrected chi connectivity index (χ0v) is 42.8. The van der Waals surface area contributed by atoms with Gasteiger partial charge in [-0.2, -0.15) is 20.4 Å². The van der Waals surface area contributed by atoms with E-state index in [1.165, 1.54) is 0 Å². The molecule has 0 aliphatic carbocycles. The van der Waals surface area contributed by atoms with Gasteiger partial charge in [0.1, 0.15) is 32.9 Å². The molecule has 0 saturated carbocycles. The van der Waals surface area contributed by atoms with E-state index < -0.39 is 19.7 Å². The summed E-state index contributed by atoms with van der Waals surface area (Å²) >= 11 is 0. The summed E-state index contributed by atoms with van der Waals surface area (Å²) in [6, 6.07) is 12.4. The molecule has 20 nitrogen and oxygen atoms in total. The quantitative estimate of drug-likeness (QED) is 0.218. The van der Waals surface area contributed by atoms with Gasteiger partial charge in [-0.05, 0) is 49.1 Å². The average Bonchev–Trinajstić information content (AvgIpc) is 4.23. The van der Waals surface area contributed by atoms with Crippen LogP contribution in [0.5, 0.6) is 0 Å². The molecule has 0 bridgehead atoms. The number of sulfone groups is 2. The second-order valence-corrected chi connectivity index (χ2v) is 23.9. The first-order chi connectivity index (χ1) is 34.4. The molecule has 72 heavy (non-hydrogen) atoms. The van der Waals surface area contributed by atoms with Crippen LogP contribution in [0.4, 0.5) is 0 Å². The lowest BCUT2D eigenvalue weighted by Crippen LogP contribution is -2.37. The van der Waals surface area contributed by atoms with Crippen molar-refractivity contribution in [3.63, 3.8) is 0 Å². The largest absolute Gasteiger partial charge is 0.335 e. The highest BCUT2D eigenvalue weighted by Gasteiger charge is 2.34. The Hall–Kier alpha value is -7.20. The molecule has 0 atom stereocenters. The van der Waals surface area contributed by atoms with Crippen molar-refractivity contribution in [2.45, 2.75) is 65.2 Å². The zero-order chi connectivity index (χ0) is 50.4. The first-order valence-corrected chi connectivity index (χ1v) is 27.8. The number of allylic oxidation sites excluding steroid dienone is 1. The number of hydrogen-bond acceptors (Lipinski definition) is 12. The van der Waals surface area contributed by atoms with E-state index in [-0.39, 0.29) is 40.7 Å². The number of rotatable bonds is 6. The van der Waals surface area contributed by atoms with E-state index in [4.69, 9.17) is 20.2 Å². The molecule has 0 spiro atoms. The third-order valence-corrected chi connectivity index (χ3v) is 17.8.